The third-order valence-corrected chi connectivity index (χ3v) is 5.06. The molecule has 0 atom stereocenters. The first-order chi connectivity index (χ1) is 11.3. The minimum absolute atomic E-state index is 0.0371. The second kappa shape index (κ2) is 7.62. The molecule has 0 bridgehead atoms. The Balaban J connectivity index is 2.11. The first-order valence-electron chi connectivity index (χ1n) is 6.84. The van der Waals surface area contributed by atoms with Crippen molar-refractivity contribution in [3.8, 4) is 0 Å². The van der Waals surface area contributed by atoms with E-state index >= 15 is 0 Å². The summed E-state index contributed by atoms with van der Waals surface area (Å²) in [6.07, 6.45) is -2.30. The Bertz CT molecular complexity index is 824. The van der Waals surface area contributed by atoms with Crippen molar-refractivity contribution in [3.63, 3.8) is 0 Å². The molecule has 0 aliphatic rings. The summed E-state index contributed by atoms with van der Waals surface area (Å²) in [6.45, 7) is 1.73. The number of alkyl halides is 2. The van der Waals surface area contributed by atoms with Gasteiger partial charge in [0.1, 0.15) is 0 Å². The number of hydrogen-bond acceptors (Lipinski definition) is 6. The molecule has 0 radical (unpaired) electrons. The van der Waals surface area contributed by atoms with Gasteiger partial charge < -0.3 is 0 Å². The van der Waals surface area contributed by atoms with Gasteiger partial charge in [0.05, 0.1) is 5.75 Å². The van der Waals surface area contributed by atoms with E-state index in [-0.39, 0.29) is 22.1 Å². The molecule has 0 saturated heterocycles. The maximum absolute atomic E-state index is 12.4. The van der Waals surface area contributed by atoms with E-state index in [1.165, 1.54) is 24.3 Å². The summed E-state index contributed by atoms with van der Waals surface area (Å²) in [6, 6.07) is 5.81. The fourth-order valence-electron chi connectivity index (χ4n) is 1.77. The third kappa shape index (κ3) is 4.93. The maximum atomic E-state index is 12.4. The molecule has 24 heavy (non-hydrogen) atoms. The predicted molar refractivity (Wildman–Crippen MR) is 87.0 cm³/mol. The van der Waals surface area contributed by atoms with Gasteiger partial charge in [0.15, 0.2) is 5.01 Å². The molecule has 11 heteroatoms. The van der Waals surface area contributed by atoms with Crippen molar-refractivity contribution in [1.82, 2.24) is 10.2 Å². The molecule has 7 nitrogen and oxygen atoms in total. The zero-order chi connectivity index (χ0) is 17.7. The Hall–Kier alpha value is -2.14. The van der Waals surface area contributed by atoms with Crippen molar-refractivity contribution in [2.24, 2.45) is 0 Å². The lowest BCUT2D eigenvalue weighted by atomic mass is 10.2. The molecule has 1 heterocycles. The van der Waals surface area contributed by atoms with Crippen LogP contribution in [0.25, 0.3) is 0 Å². The van der Waals surface area contributed by atoms with Crippen LogP contribution in [-0.2, 0) is 10.0 Å². The van der Waals surface area contributed by atoms with Crippen LogP contribution in [0.1, 0.15) is 35.1 Å². The first-order valence-corrected chi connectivity index (χ1v) is 9.31. The van der Waals surface area contributed by atoms with Gasteiger partial charge in [0.2, 0.25) is 15.2 Å². The van der Waals surface area contributed by atoms with Crippen molar-refractivity contribution in [3.05, 3.63) is 34.8 Å². The van der Waals surface area contributed by atoms with Crippen LogP contribution in [0, 0.1) is 0 Å². The fraction of sp³-hybridized carbons (Fsp3) is 0.308. The van der Waals surface area contributed by atoms with Crippen molar-refractivity contribution >= 4 is 38.1 Å². The normalized spacial score (nSPS) is 11.5. The highest BCUT2D eigenvalue weighted by molar-refractivity contribution is 7.92. The molecule has 2 rings (SSSR count). The molecule has 0 aliphatic heterocycles. The average Bonchev–Trinajstić information content (AvgIpc) is 2.95. The molecule has 1 aromatic heterocycles. The Kier molecular flexibility index (Phi) is 5.78. The van der Waals surface area contributed by atoms with Crippen LogP contribution in [0.2, 0.25) is 0 Å². The quantitative estimate of drug-likeness (QED) is 0.774. The van der Waals surface area contributed by atoms with E-state index in [0.717, 1.165) is 0 Å². The molecule has 2 N–H and O–H groups in total. The summed E-state index contributed by atoms with van der Waals surface area (Å²) in [4.78, 5) is 12.1. The maximum Gasteiger partial charge on any atom is 0.291 e. The fourth-order valence-corrected chi connectivity index (χ4v) is 3.49. The van der Waals surface area contributed by atoms with Crippen LogP contribution < -0.4 is 10.0 Å². The number of carbonyl (C=O) groups excluding carboxylic acids is 1. The van der Waals surface area contributed by atoms with Crippen molar-refractivity contribution in [2.45, 2.75) is 19.8 Å². The minimum atomic E-state index is -3.48. The van der Waals surface area contributed by atoms with Gasteiger partial charge in [-0.1, -0.05) is 24.3 Å². The number of benzene rings is 1. The van der Waals surface area contributed by atoms with E-state index < -0.39 is 27.4 Å². The molecular formula is C13H14F2N4O3S2. The van der Waals surface area contributed by atoms with E-state index in [1.54, 1.807) is 6.92 Å². The molecule has 0 saturated carbocycles. The number of carbonyl (C=O) groups is 1. The van der Waals surface area contributed by atoms with E-state index in [0.29, 0.717) is 17.8 Å². The Morgan fingerprint density at radius 3 is 2.71 bits per heavy atom. The highest BCUT2D eigenvalue weighted by Gasteiger charge is 2.16. The molecular weight excluding hydrogens is 362 g/mol. The van der Waals surface area contributed by atoms with Crippen LogP contribution in [0.5, 0.6) is 0 Å². The second-order valence-electron chi connectivity index (χ2n) is 4.70. The number of hydrogen-bond donors (Lipinski definition) is 2. The molecule has 0 aliphatic carbocycles. The van der Waals surface area contributed by atoms with Gasteiger partial charge in [0, 0.05) is 11.3 Å². The zero-order valence-electron chi connectivity index (χ0n) is 12.5. The number of rotatable bonds is 7. The lowest BCUT2D eigenvalue weighted by molar-refractivity contribution is 0.102. The Morgan fingerprint density at radius 2 is 2.08 bits per heavy atom. The van der Waals surface area contributed by atoms with Gasteiger partial charge in [-0.3, -0.25) is 14.8 Å². The molecule has 1 aromatic carbocycles. The number of sulfonamides is 1. The summed E-state index contributed by atoms with van der Waals surface area (Å²) in [5, 5.41) is 8.50. The van der Waals surface area contributed by atoms with Gasteiger partial charge in [-0.25, -0.2) is 17.2 Å². The van der Waals surface area contributed by atoms with Gasteiger partial charge >= 0.3 is 0 Å². The summed E-state index contributed by atoms with van der Waals surface area (Å²) in [7, 11) is -3.48. The van der Waals surface area contributed by atoms with Gasteiger partial charge in [-0.05, 0) is 24.6 Å². The minimum Gasteiger partial charge on any atom is -0.296 e. The Morgan fingerprint density at radius 1 is 1.33 bits per heavy atom. The van der Waals surface area contributed by atoms with Crippen LogP contribution in [-0.4, -0.2) is 30.3 Å². The van der Waals surface area contributed by atoms with E-state index in [9.17, 15) is 22.0 Å². The van der Waals surface area contributed by atoms with Crippen LogP contribution >= 0.6 is 11.3 Å². The van der Waals surface area contributed by atoms with E-state index in [4.69, 9.17) is 0 Å². The largest absolute Gasteiger partial charge is 0.296 e. The average molecular weight is 376 g/mol. The topological polar surface area (TPSA) is 101 Å². The number of nitrogens with one attached hydrogen (secondary N) is 2. The summed E-state index contributed by atoms with van der Waals surface area (Å²) in [5.41, 5.74) is 0.391. The monoisotopic (exact) mass is 376 g/mol. The Labute approximate surface area is 141 Å². The predicted octanol–water partition coefficient (Wildman–Crippen LogP) is 2.88. The highest BCUT2D eigenvalue weighted by atomic mass is 32.2. The summed E-state index contributed by atoms with van der Waals surface area (Å²) in [5.74, 6) is -0.645. The van der Waals surface area contributed by atoms with Crippen LogP contribution in [0.3, 0.4) is 0 Å². The number of nitrogens with zero attached hydrogens (tertiary/aromatic N) is 2. The molecule has 0 fully saturated rings. The highest BCUT2D eigenvalue weighted by Crippen LogP contribution is 2.25. The summed E-state index contributed by atoms with van der Waals surface area (Å²) < 4.78 is 50.7. The van der Waals surface area contributed by atoms with Crippen LogP contribution in [0.15, 0.2) is 24.3 Å². The summed E-state index contributed by atoms with van der Waals surface area (Å²) >= 11 is 0.569. The van der Waals surface area contributed by atoms with Crippen LogP contribution in [0.4, 0.5) is 19.6 Å². The van der Waals surface area contributed by atoms with E-state index in [2.05, 4.69) is 20.2 Å². The zero-order valence-corrected chi connectivity index (χ0v) is 14.1. The molecule has 1 amide bonds. The van der Waals surface area contributed by atoms with Crippen molar-refractivity contribution in [2.75, 3.05) is 15.8 Å². The third-order valence-electron chi connectivity index (χ3n) is 2.72. The second-order valence-corrected chi connectivity index (χ2v) is 7.55. The molecule has 0 spiro atoms. The number of halogens is 2. The molecule has 0 unspecified atom stereocenters. The first kappa shape index (κ1) is 18.2. The van der Waals surface area contributed by atoms with Crippen molar-refractivity contribution in [1.29, 1.82) is 0 Å². The van der Waals surface area contributed by atoms with Gasteiger partial charge in [-0.2, -0.15) is 0 Å². The smallest absolute Gasteiger partial charge is 0.291 e. The molecule has 2 aromatic rings. The van der Waals surface area contributed by atoms with Crippen molar-refractivity contribution < 1.29 is 22.0 Å². The number of aromatic nitrogens is 2. The lowest BCUT2D eigenvalue weighted by Crippen LogP contribution is -2.17. The lowest BCUT2D eigenvalue weighted by Gasteiger charge is -2.08. The van der Waals surface area contributed by atoms with Gasteiger partial charge in [-0.15, -0.1) is 10.2 Å². The number of amides is 1. The van der Waals surface area contributed by atoms with E-state index in [1.807, 2.05) is 0 Å². The standard InChI is InChI=1S/C13H14F2N4O3S2/c1-2-6-24(21,22)19-9-5-3-4-8(7-9)11(20)16-13-18-17-12(23-13)10(14)15/h3-5,7,10,19H,2,6H2,1H3,(H,16,18,20). The van der Waals surface area contributed by atoms with Gasteiger partial charge in [0.25, 0.3) is 12.3 Å². The SMILES string of the molecule is CCCS(=O)(=O)Nc1cccc(C(=O)Nc2nnc(C(F)F)s2)c1. The number of anilines is 2. The molecule has 130 valence electrons.